The molecular formula is C35H30. The molecule has 0 heterocycles. The Hall–Kier alpha value is -3.90. The maximum atomic E-state index is 2.48. The summed E-state index contributed by atoms with van der Waals surface area (Å²) >= 11 is 0. The third-order valence-electron chi connectivity index (χ3n) is 7.96. The minimum absolute atomic E-state index is 0.00375. The van der Waals surface area contributed by atoms with Gasteiger partial charge in [-0.05, 0) is 86.7 Å². The van der Waals surface area contributed by atoms with E-state index in [0.29, 0.717) is 0 Å². The van der Waals surface area contributed by atoms with Gasteiger partial charge >= 0.3 is 0 Å². The Balaban J connectivity index is 1.67. The molecule has 0 radical (unpaired) electrons. The zero-order valence-corrected chi connectivity index (χ0v) is 20.5. The molecule has 0 unspecified atom stereocenters. The van der Waals surface area contributed by atoms with Gasteiger partial charge in [-0.15, -0.1) is 0 Å². The van der Waals surface area contributed by atoms with Crippen LogP contribution in [0.25, 0.3) is 44.5 Å². The van der Waals surface area contributed by atoms with Crippen LogP contribution in [0.4, 0.5) is 0 Å². The average Bonchev–Trinajstić information content (AvgIpc) is 3.23. The van der Waals surface area contributed by atoms with Crippen LogP contribution in [-0.2, 0) is 5.41 Å². The standard InChI is InChI=1S/C35H30/c1-3-35(4-2)32-23-28(25-14-8-5-9-15-25)20-21-30(32)34-31(27-18-12-7-13-19-27)22-29(24-33(34)35)26-16-10-6-11-17-26/h5-24H,3-4H2,1-2H3. The Kier molecular flexibility index (Phi) is 5.38. The molecule has 1 aliphatic rings. The van der Waals surface area contributed by atoms with Crippen LogP contribution in [0, 0.1) is 0 Å². The van der Waals surface area contributed by atoms with Gasteiger partial charge in [-0.2, -0.15) is 0 Å². The fraction of sp³-hybridized carbons (Fsp3) is 0.143. The minimum atomic E-state index is 0.00375. The van der Waals surface area contributed by atoms with Crippen molar-refractivity contribution in [2.45, 2.75) is 32.1 Å². The lowest BCUT2D eigenvalue weighted by molar-refractivity contribution is 0.491. The third kappa shape index (κ3) is 3.44. The number of rotatable bonds is 5. The number of hydrogen-bond donors (Lipinski definition) is 0. The molecule has 5 aromatic rings. The van der Waals surface area contributed by atoms with Crippen molar-refractivity contribution in [1.82, 2.24) is 0 Å². The van der Waals surface area contributed by atoms with Crippen molar-refractivity contribution in [3.05, 3.63) is 132 Å². The summed E-state index contributed by atoms with van der Waals surface area (Å²) in [6.45, 7) is 4.71. The van der Waals surface area contributed by atoms with Gasteiger partial charge in [0.15, 0.2) is 0 Å². The van der Waals surface area contributed by atoms with Gasteiger partial charge in [0.1, 0.15) is 0 Å². The molecule has 0 N–H and O–H groups in total. The third-order valence-corrected chi connectivity index (χ3v) is 7.96. The van der Waals surface area contributed by atoms with Crippen LogP contribution in [0.5, 0.6) is 0 Å². The van der Waals surface area contributed by atoms with E-state index in [1.807, 2.05) is 0 Å². The van der Waals surface area contributed by atoms with Crippen LogP contribution in [0.3, 0.4) is 0 Å². The van der Waals surface area contributed by atoms with Crippen molar-refractivity contribution in [3.63, 3.8) is 0 Å². The Labute approximate surface area is 208 Å². The molecule has 0 spiro atoms. The van der Waals surface area contributed by atoms with E-state index in [0.717, 1.165) is 12.8 Å². The number of hydrogen-bond acceptors (Lipinski definition) is 0. The lowest BCUT2D eigenvalue weighted by atomic mass is 9.72. The molecule has 0 saturated heterocycles. The van der Waals surface area contributed by atoms with Gasteiger partial charge in [-0.25, -0.2) is 0 Å². The summed E-state index contributed by atoms with van der Waals surface area (Å²) in [5.74, 6) is 0. The molecule has 0 fully saturated rings. The summed E-state index contributed by atoms with van der Waals surface area (Å²) in [7, 11) is 0. The number of benzene rings is 5. The molecule has 0 amide bonds. The maximum Gasteiger partial charge on any atom is 0.0210 e. The van der Waals surface area contributed by atoms with Crippen LogP contribution in [0.2, 0.25) is 0 Å². The van der Waals surface area contributed by atoms with Crippen molar-refractivity contribution in [2.75, 3.05) is 0 Å². The Morgan fingerprint density at radius 1 is 0.429 bits per heavy atom. The fourth-order valence-corrected chi connectivity index (χ4v) is 6.08. The van der Waals surface area contributed by atoms with Gasteiger partial charge in [-0.1, -0.05) is 117 Å². The second kappa shape index (κ2) is 8.71. The molecule has 35 heavy (non-hydrogen) atoms. The van der Waals surface area contributed by atoms with Crippen molar-refractivity contribution >= 4 is 0 Å². The summed E-state index contributed by atoms with van der Waals surface area (Å²) in [5.41, 5.74) is 13.5. The van der Waals surface area contributed by atoms with E-state index in [2.05, 4.69) is 135 Å². The highest BCUT2D eigenvalue weighted by Crippen LogP contribution is 2.57. The van der Waals surface area contributed by atoms with E-state index in [-0.39, 0.29) is 5.41 Å². The summed E-state index contributed by atoms with van der Waals surface area (Å²) < 4.78 is 0. The lowest BCUT2D eigenvalue weighted by Crippen LogP contribution is -2.23. The SMILES string of the molecule is CCC1(CC)c2cc(-c3ccccc3)ccc2-c2c(-c3ccccc3)cc(-c3ccccc3)cc21. The van der Waals surface area contributed by atoms with Crippen LogP contribution < -0.4 is 0 Å². The molecule has 0 aromatic heterocycles. The van der Waals surface area contributed by atoms with Crippen LogP contribution in [-0.4, -0.2) is 0 Å². The first kappa shape index (κ1) is 21.6. The summed E-state index contributed by atoms with van der Waals surface area (Å²) in [4.78, 5) is 0. The van der Waals surface area contributed by atoms with Gasteiger partial charge in [0.2, 0.25) is 0 Å². The van der Waals surface area contributed by atoms with E-state index in [4.69, 9.17) is 0 Å². The lowest BCUT2D eigenvalue weighted by Gasteiger charge is -2.30. The molecule has 0 saturated carbocycles. The quantitative estimate of drug-likeness (QED) is 0.250. The van der Waals surface area contributed by atoms with E-state index in [1.165, 1.54) is 55.6 Å². The molecule has 1 aliphatic carbocycles. The first-order chi connectivity index (χ1) is 17.2. The first-order valence-corrected chi connectivity index (χ1v) is 12.7. The minimum Gasteiger partial charge on any atom is -0.0642 e. The Bertz CT molecular complexity index is 1470. The summed E-state index contributed by atoms with van der Waals surface area (Å²) in [5, 5.41) is 0. The molecular weight excluding hydrogens is 420 g/mol. The zero-order valence-electron chi connectivity index (χ0n) is 20.5. The monoisotopic (exact) mass is 450 g/mol. The van der Waals surface area contributed by atoms with Gasteiger partial charge in [0.25, 0.3) is 0 Å². The van der Waals surface area contributed by atoms with Crippen LogP contribution >= 0.6 is 0 Å². The van der Waals surface area contributed by atoms with Gasteiger partial charge in [-0.3, -0.25) is 0 Å². The van der Waals surface area contributed by atoms with Crippen molar-refractivity contribution < 1.29 is 0 Å². The second-order valence-electron chi connectivity index (χ2n) is 9.59. The smallest absolute Gasteiger partial charge is 0.0210 e. The zero-order chi connectivity index (χ0) is 23.8. The van der Waals surface area contributed by atoms with Crippen molar-refractivity contribution in [2.24, 2.45) is 0 Å². The molecule has 0 bridgehead atoms. The fourth-order valence-electron chi connectivity index (χ4n) is 6.08. The van der Waals surface area contributed by atoms with E-state index in [9.17, 15) is 0 Å². The Morgan fingerprint density at radius 2 is 0.943 bits per heavy atom. The van der Waals surface area contributed by atoms with Gasteiger partial charge in [0, 0.05) is 5.41 Å². The highest BCUT2D eigenvalue weighted by atomic mass is 14.4. The van der Waals surface area contributed by atoms with Crippen molar-refractivity contribution in [1.29, 1.82) is 0 Å². The van der Waals surface area contributed by atoms with Gasteiger partial charge < -0.3 is 0 Å². The molecule has 0 atom stereocenters. The molecule has 0 aliphatic heterocycles. The van der Waals surface area contributed by atoms with Crippen LogP contribution in [0.1, 0.15) is 37.8 Å². The predicted molar refractivity (Wildman–Crippen MR) is 150 cm³/mol. The Morgan fingerprint density at radius 3 is 1.51 bits per heavy atom. The van der Waals surface area contributed by atoms with E-state index in [1.54, 1.807) is 0 Å². The molecule has 170 valence electrons. The normalized spacial score (nSPS) is 13.3. The highest BCUT2D eigenvalue weighted by molar-refractivity contribution is 5.96. The van der Waals surface area contributed by atoms with E-state index < -0.39 is 0 Å². The van der Waals surface area contributed by atoms with E-state index >= 15 is 0 Å². The summed E-state index contributed by atoms with van der Waals surface area (Å²) in [6, 6.07) is 44.5. The second-order valence-corrected chi connectivity index (χ2v) is 9.59. The predicted octanol–water partition coefficient (Wildman–Crippen LogP) is 9.77. The highest BCUT2D eigenvalue weighted by Gasteiger charge is 2.42. The van der Waals surface area contributed by atoms with Crippen molar-refractivity contribution in [3.8, 4) is 44.5 Å². The maximum absolute atomic E-state index is 2.48. The average molecular weight is 451 g/mol. The molecule has 5 aromatic carbocycles. The molecule has 0 nitrogen and oxygen atoms in total. The largest absolute Gasteiger partial charge is 0.0642 e. The number of fused-ring (bicyclic) bond motifs is 3. The first-order valence-electron chi connectivity index (χ1n) is 12.7. The molecule has 6 rings (SSSR count). The van der Waals surface area contributed by atoms with Crippen LogP contribution in [0.15, 0.2) is 121 Å². The summed E-state index contributed by atoms with van der Waals surface area (Å²) in [6.07, 6.45) is 2.16. The molecule has 0 heteroatoms. The van der Waals surface area contributed by atoms with Gasteiger partial charge in [0.05, 0.1) is 0 Å². The topological polar surface area (TPSA) is 0 Å².